The van der Waals surface area contributed by atoms with Gasteiger partial charge in [-0.2, -0.15) is 0 Å². The van der Waals surface area contributed by atoms with Crippen LogP contribution in [0.25, 0.3) is 0 Å². The molecule has 1 aromatic rings. The largest absolute Gasteiger partial charge is 0.355 e. The van der Waals surface area contributed by atoms with Crippen molar-refractivity contribution in [2.75, 3.05) is 38.8 Å². The first-order valence-electron chi connectivity index (χ1n) is 6.28. The van der Waals surface area contributed by atoms with Crippen LogP contribution in [-0.2, 0) is 11.2 Å². The summed E-state index contributed by atoms with van der Waals surface area (Å²) in [5.41, 5.74) is 0. The fraction of sp³-hybridized carbons (Fsp3) is 0.727. The number of nitrogen functional groups attached to an aromatic ring is 1. The predicted octanol–water partition coefficient (Wildman–Crippen LogP) is -0.286. The van der Waals surface area contributed by atoms with Crippen molar-refractivity contribution in [1.82, 2.24) is 25.1 Å². The molecule has 0 atom stereocenters. The molecule has 0 saturated carbocycles. The number of nitrogens with one attached hydrogen (secondary N) is 1. The van der Waals surface area contributed by atoms with Crippen LogP contribution in [0.4, 0.5) is 0 Å². The average molecular weight is 286 g/mol. The molecule has 0 fully saturated rings. The molecular formula is C11H22N6OS. The minimum Gasteiger partial charge on any atom is -0.355 e. The summed E-state index contributed by atoms with van der Waals surface area (Å²) in [5, 5.41) is 11.3. The Morgan fingerprint density at radius 2 is 2.21 bits per heavy atom. The average Bonchev–Trinajstić information content (AvgIpc) is 2.72. The van der Waals surface area contributed by atoms with Crippen LogP contribution in [0, 0.1) is 0 Å². The third kappa shape index (κ3) is 5.48. The lowest BCUT2D eigenvalue weighted by Crippen LogP contribution is -2.28. The van der Waals surface area contributed by atoms with Gasteiger partial charge in [-0.15, -0.1) is 10.2 Å². The van der Waals surface area contributed by atoms with Crippen molar-refractivity contribution >= 4 is 17.7 Å². The van der Waals surface area contributed by atoms with Crippen LogP contribution in [0.3, 0.4) is 0 Å². The topological polar surface area (TPSA) is 89.1 Å². The minimum absolute atomic E-state index is 0.00944. The van der Waals surface area contributed by atoms with E-state index in [1.54, 1.807) is 0 Å². The fourth-order valence-electron chi connectivity index (χ4n) is 1.45. The summed E-state index contributed by atoms with van der Waals surface area (Å²) < 4.78 is 1.43. The molecule has 0 aliphatic rings. The van der Waals surface area contributed by atoms with Crippen molar-refractivity contribution in [2.24, 2.45) is 0 Å². The van der Waals surface area contributed by atoms with Crippen molar-refractivity contribution in [3.8, 4) is 0 Å². The summed E-state index contributed by atoms with van der Waals surface area (Å²) in [7, 11) is 4.02. The van der Waals surface area contributed by atoms with E-state index in [2.05, 4.69) is 20.4 Å². The number of hydrogen-bond donors (Lipinski definition) is 2. The number of hydrogen-bond acceptors (Lipinski definition) is 6. The zero-order valence-corrected chi connectivity index (χ0v) is 12.5. The maximum Gasteiger partial charge on any atom is 0.230 e. The van der Waals surface area contributed by atoms with Gasteiger partial charge in [-0.05, 0) is 27.1 Å². The Balaban J connectivity index is 2.24. The summed E-state index contributed by atoms with van der Waals surface area (Å²) in [6, 6.07) is 0. The number of aromatic nitrogens is 3. The maximum atomic E-state index is 11.6. The highest BCUT2D eigenvalue weighted by Crippen LogP contribution is 2.13. The number of aryl methyl sites for hydroxylation is 1. The molecule has 0 saturated heterocycles. The first-order chi connectivity index (χ1) is 9.04. The zero-order valence-electron chi connectivity index (χ0n) is 11.7. The van der Waals surface area contributed by atoms with Gasteiger partial charge in [0.05, 0.1) is 5.75 Å². The molecule has 8 heteroatoms. The normalized spacial score (nSPS) is 10.9. The molecule has 1 aromatic heterocycles. The molecule has 1 heterocycles. The molecule has 0 aromatic carbocycles. The monoisotopic (exact) mass is 286 g/mol. The molecule has 108 valence electrons. The van der Waals surface area contributed by atoms with Crippen LogP contribution in [-0.4, -0.2) is 58.6 Å². The van der Waals surface area contributed by atoms with Crippen LogP contribution >= 0.6 is 11.8 Å². The van der Waals surface area contributed by atoms with Crippen molar-refractivity contribution in [3.63, 3.8) is 0 Å². The van der Waals surface area contributed by atoms with Gasteiger partial charge in [-0.3, -0.25) is 4.79 Å². The third-order valence-corrected chi connectivity index (χ3v) is 3.43. The van der Waals surface area contributed by atoms with Crippen LogP contribution in [0.2, 0.25) is 0 Å². The van der Waals surface area contributed by atoms with Crippen LogP contribution in [0.1, 0.15) is 19.2 Å². The SMILES string of the molecule is CCc1nnc(SCC(=O)NCCCN(C)C)n1N. The van der Waals surface area contributed by atoms with Gasteiger partial charge >= 0.3 is 0 Å². The van der Waals surface area contributed by atoms with E-state index in [1.807, 2.05) is 21.0 Å². The quantitative estimate of drug-likeness (QED) is 0.388. The lowest BCUT2D eigenvalue weighted by Gasteiger charge is -2.09. The van der Waals surface area contributed by atoms with Gasteiger partial charge in [-0.1, -0.05) is 18.7 Å². The molecule has 7 nitrogen and oxygen atoms in total. The Bertz CT molecular complexity index is 406. The number of nitrogens with two attached hydrogens (primary N) is 1. The van der Waals surface area contributed by atoms with E-state index >= 15 is 0 Å². The highest BCUT2D eigenvalue weighted by Gasteiger charge is 2.10. The van der Waals surface area contributed by atoms with Gasteiger partial charge in [0.2, 0.25) is 11.1 Å². The van der Waals surface area contributed by atoms with Crippen LogP contribution in [0.15, 0.2) is 5.16 Å². The van der Waals surface area contributed by atoms with Gasteiger partial charge in [0, 0.05) is 13.0 Å². The van der Waals surface area contributed by atoms with Gasteiger partial charge in [-0.25, -0.2) is 4.68 Å². The number of thioether (sulfide) groups is 1. The Morgan fingerprint density at radius 1 is 1.47 bits per heavy atom. The van der Waals surface area contributed by atoms with Gasteiger partial charge in [0.1, 0.15) is 0 Å². The number of carbonyl (C=O) groups is 1. The highest BCUT2D eigenvalue weighted by molar-refractivity contribution is 7.99. The molecule has 0 aliphatic heterocycles. The van der Waals surface area contributed by atoms with Crippen molar-refractivity contribution < 1.29 is 4.79 Å². The molecule has 0 radical (unpaired) electrons. The van der Waals surface area contributed by atoms with E-state index in [4.69, 9.17) is 5.84 Å². The summed E-state index contributed by atoms with van der Waals surface area (Å²) >= 11 is 1.30. The van der Waals surface area contributed by atoms with Crippen molar-refractivity contribution in [3.05, 3.63) is 5.82 Å². The molecule has 0 aliphatic carbocycles. The molecule has 3 N–H and O–H groups in total. The summed E-state index contributed by atoms with van der Waals surface area (Å²) in [4.78, 5) is 13.7. The Kier molecular flexibility index (Phi) is 6.65. The second kappa shape index (κ2) is 8.00. The van der Waals surface area contributed by atoms with Gasteiger partial charge in [0.25, 0.3) is 0 Å². The van der Waals surface area contributed by atoms with E-state index in [-0.39, 0.29) is 5.91 Å². The number of amides is 1. The van der Waals surface area contributed by atoms with E-state index < -0.39 is 0 Å². The predicted molar refractivity (Wildman–Crippen MR) is 76.5 cm³/mol. The standard InChI is InChI=1S/C11H22N6OS/c1-4-9-14-15-11(17(9)12)19-8-10(18)13-6-5-7-16(2)3/h4-8,12H2,1-3H3,(H,13,18). The van der Waals surface area contributed by atoms with E-state index in [0.717, 1.165) is 19.4 Å². The Morgan fingerprint density at radius 3 is 2.79 bits per heavy atom. The molecule has 0 spiro atoms. The van der Waals surface area contributed by atoms with Crippen molar-refractivity contribution in [2.45, 2.75) is 24.9 Å². The third-order valence-electron chi connectivity index (χ3n) is 2.49. The lowest BCUT2D eigenvalue weighted by atomic mass is 10.4. The van der Waals surface area contributed by atoms with Crippen LogP contribution < -0.4 is 11.2 Å². The summed E-state index contributed by atoms with van der Waals surface area (Å²) in [6.45, 7) is 3.61. The Hall–Kier alpha value is -1.28. The highest BCUT2D eigenvalue weighted by atomic mass is 32.2. The maximum absolute atomic E-state index is 11.6. The first-order valence-corrected chi connectivity index (χ1v) is 7.26. The minimum atomic E-state index is -0.00944. The van der Waals surface area contributed by atoms with E-state index in [9.17, 15) is 4.79 Å². The smallest absolute Gasteiger partial charge is 0.230 e. The molecule has 0 bridgehead atoms. The van der Waals surface area contributed by atoms with Gasteiger partial charge in [0.15, 0.2) is 5.82 Å². The zero-order chi connectivity index (χ0) is 14.3. The fourth-order valence-corrected chi connectivity index (χ4v) is 2.16. The Labute approximate surface area is 117 Å². The first kappa shape index (κ1) is 15.8. The molecule has 19 heavy (non-hydrogen) atoms. The molecule has 1 amide bonds. The number of nitrogens with zero attached hydrogens (tertiary/aromatic N) is 4. The molecule has 1 rings (SSSR count). The van der Waals surface area contributed by atoms with E-state index in [0.29, 0.717) is 23.3 Å². The van der Waals surface area contributed by atoms with E-state index in [1.165, 1.54) is 16.4 Å². The summed E-state index contributed by atoms with van der Waals surface area (Å²) in [5.74, 6) is 6.80. The lowest BCUT2D eigenvalue weighted by molar-refractivity contribution is -0.118. The molecular weight excluding hydrogens is 264 g/mol. The van der Waals surface area contributed by atoms with Crippen molar-refractivity contribution in [1.29, 1.82) is 0 Å². The van der Waals surface area contributed by atoms with Crippen LogP contribution in [0.5, 0.6) is 0 Å². The second-order valence-electron chi connectivity index (χ2n) is 4.42. The summed E-state index contributed by atoms with van der Waals surface area (Å²) in [6.07, 6.45) is 1.66. The van der Waals surface area contributed by atoms with Gasteiger partial charge < -0.3 is 16.1 Å². The second-order valence-corrected chi connectivity index (χ2v) is 5.36. The number of rotatable bonds is 8. The molecule has 0 unspecified atom stereocenters. The number of carbonyl (C=O) groups excluding carboxylic acids is 1.